The molecule has 1 aromatic heterocycles. The molecular formula is C11H16N2O. The van der Waals surface area contributed by atoms with Crippen molar-refractivity contribution >= 4 is 5.78 Å². The molecule has 0 radical (unpaired) electrons. The van der Waals surface area contributed by atoms with Crippen LogP contribution >= 0.6 is 0 Å². The molecule has 3 nitrogen and oxygen atoms in total. The lowest BCUT2D eigenvalue weighted by Crippen LogP contribution is -2.25. The molecule has 0 spiro atoms. The van der Waals surface area contributed by atoms with E-state index in [9.17, 15) is 4.79 Å². The molecule has 0 aliphatic heterocycles. The lowest BCUT2D eigenvalue weighted by Gasteiger charge is -2.15. The average molecular weight is 192 g/mol. The molecule has 0 amide bonds. The van der Waals surface area contributed by atoms with Crippen molar-refractivity contribution in [2.24, 2.45) is 17.6 Å². The number of H-pyrrole nitrogens is 1. The Kier molecular flexibility index (Phi) is 2.68. The molecule has 76 valence electrons. The number of carbonyl (C=O) groups excluding carboxylic acids is 1. The second-order valence-electron chi connectivity index (χ2n) is 3.98. The van der Waals surface area contributed by atoms with Crippen molar-refractivity contribution in [2.75, 3.05) is 6.54 Å². The zero-order chi connectivity index (χ0) is 9.97. The van der Waals surface area contributed by atoms with Crippen LogP contribution in [0.1, 0.15) is 29.8 Å². The monoisotopic (exact) mass is 192 g/mol. The maximum atomic E-state index is 12.0. The van der Waals surface area contributed by atoms with Crippen molar-refractivity contribution in [1.29, 1.82) is 0 Å². The van der Waals surface area contributed by atoms with Gasteiger partial charge < -0.3 is 10.7 Å². The van der Waals surface area contributed by atoms with E-state index in [0.717, 1.165) is 25.0 Å². The van der Waals surface area contributed by atoms with Crippen molar-refractivity contribution < 1.29 is 4.79 Å². The lowest BCUT2D eigenvalue weighted by atomic mass is 9.90. The van der Waals surface area contributed by atoms with Gasteiger partial charge in [0, 0.05) is 12.1 Å². The summed E-state index contributed by atoms with van der Waals surface area (Å²) in [4.78, 5) is 15.0. The number of nitrogens with one attached hydrogen (secondary N) is 1. The molecule has 1 fully saturated rings. The number of aromatic nitrogens is 1. The molecule has 0 saturated heterocycles. The third-order valence-corrected chi connectivity index (χ3v) is 3.16. The summed E-state index contributed by atoms with van der Waals surface area (Å²) in [6.07, 6.45) is 5.03. The van der Waals surface area contributed by atoms with Crippen molar-refractivity contribution in [3.8, 4) is 0 Å². The Morgan fingerprint density at radius 2 is 2.43 bits per heavy atom. The molecule has 3 heteroatoms. The number of hydrogen-bond acceptors (Lipinski definition) is 2. The van der Waals surface area contributed by atoms with Crippen LogP contribution in [0.15, 0.2) is 18.3 Å². The van der Waals surface area contributed by atoms with Gasteiger partial charge in [0.25, 0.3) is 0 Å². The highest BCUT2D eigenvalue weighted by Gasteiger charge is 2.32. The van der Waals surface area contributed by atoms with Gasteiger partial charge in [-0.2, -0.15) is 0 Å². The lowest BCUT2D eigenvalue weighted by molar-refractivity contribution is 0.0889. The zero-order valence-electron chi connectivity index (χ0n) is 8.20. The molecule has 1 heterocycles. The minimum Gasteiger partial charge on any atom is -0.359 e. The van der Waals surface area contributed by atoms with Gasteiger partial charge in [0.2, 0.25) is 0 Å². The maximum absolute atomic E-state index is 12.0. The Bertz CT molecular complexity index is 305. The summed E-state index contributed by atoms with van der Waals surface area (Å²) in [6.45, 7) is 0.636. The Morgan fingerprint density at radius 3 is 3.07 bits per heavy atom. The van der Waals surface area contributed by atoms with Gasteiger partial charge in [0.15, 0.2) is 5.78 Å². The standard InChI is InChI=1S/C11H16N2O/c12-7-8-3-1-4-9(8)11(14)10-5-2-6-13-10/h2,5-6,8-9,13H,1,3-4,7,12H2. The minimum absolute atomic E-state index is 0.152. The molecule has 1 aliphatic rings. The van der Waals surface area contributed by atoms with Gasteiger partial charge in [0.05, 0.1) is 5.69 Å². The average Bonchev–Trinajstić information content (AvgIpc) is 2.87. The second kappa shape index (κ2) is 3.96. The van der Waals surface area contributed by atoms with Crippen LogP contribution in [0.2, 0.25) is 0 Å². The highest BCUT2D eigenvalue weighted by molar-refractivity contribution is 5.96. The molecule has 1 saturated carbocycles. The van der Waals surface area contributed by atoms with Crippen LogP contribution in [-0.2, 0) is 0 Å². The summed E-state index contributed by atoms with van der Waals surface area (Å²) in [6, 6.07) is 3.70. The van der Waals surface area contributed by atoms with Crippen LogP contribution in [0, 0.1) is 11.8 Å². The van der Waals surface area contributed by atoms with Gasteiger partial charge in [-0.25, -0.2) is 0 Å². The maximum Gasteiger partial charge on any atom is 0.182 e. The molecule has 3 N–H and O–H groups in total. The number of hydrogen-bond donors (Lipinski definition) is 2. The molecular weight excluding hydrogens is 176 g/mol. The fourth-order valence-electron chi connectivity index (χ4n) is 2.35. The molecule has 1 aromatic rings. The number of Topliss-reactive ketones (excluding diaryl/α,β-unsaturated/α-hetero) is 1. The zero-order valence-corrected chi connectivity index (χ0v) is 8.20. The van der Waals surface area contributed by atoms with Crippen LogP contribution in [0.3, 0.4) is 0 Å². The first-order chi connectivity index (χ1) is 6.83. The Morgan fingerprint density at radius 1 is 1.57 bits per heavy atom. The SMILES string of the molecule is NCC1CCCC1C(=O)c1ccc[nH]1. The van der Waals surface area contributed by atoms with E-state index in [1.807, 2.05) is 12.1 Å². The van der Waals surface area contributed by atoms with E-state index >= 15 is 0 Å². The highest BCUT2D eigenvalue weighted by Crippen LogP contribution is 2.33. The van der Waals surface area contributed by atoms with E-state index < -0.39 is 0 Å². The number of aromatic amines is 1. The predicted octanol–water partition coefficient (Wildman–Crippen LogP) is 1.57. The smallest absolute Gasteiger partial charge is 0.182 e. The van der Waals surface area contributed by atoms with E-state index in [1.54, 1.807) is 6.20 Å². The van der Waals surface area contributed by atoms with E-state index in [-0.39, 0.29) is 11.7 Å². The number of ketones is 1. The second-order valence-corrected chi connectivity index (χ2v) is 3.98. The van der Waals surface area contributed by atoms with E-state index in [2.05, 4.69) is 4.98 Å². The van der Waals surface area contributed by atoms with E-state index in [4.69, 9.17) is 5.73 Å². The van der Waals surface area contributed by atoms with Gasteiger partial charge >= 0.3 is 0 Å². The molecule has 2 rings (SSSR count). The van der Waals surface area contributed by atoms with Crippen molar-refractivity contribution in [3.05, 3.63) is 24.0 Å². The summed E-state index contributed by atoms with van der Waals surface area (Å²) in [5, 5.41) is 0. The topological polar surface area (TPSA) is 58.9 Å². The Labute approximate surface area is 83.7 Å². The van der Waals surface area contributed by atoms with Gasteiger partial charge in [-0.1, -0.05) is 6.42 Å². The van der Waals surface area contributed by atoms with Crippen molar-refractivity contribution in [2.45, 2.75) is 19.3 Å². The highest BCUT2D eigenvalue weighted by atomic mass is 16.1. The third-order valence-electron chi connectivity index (χ3n) is 3.16. The van der Waals surface area contributed by atoms with Gasteiger partial charge in [-0.05, 0) is 37.4 Å². The number of carbonyl (C=O) groups is 1. The quantitative estimate of drug-likeness (QED) is 0.714. The summed E-state index contributed by atoms with van der Waals surface area (Å²) in [5.41, 5.74) is 6.38. The first kappa shape index (κ1) is 9.46. The van der Waals surface area contributed by atoms with E-state index in [0.29, 0.717) is 12.5 Å². The molecule has 14 heavy (non-hydrogen) atoms. The summed E-state index contributed by atoms with van der Waals surface area (Å²) >= 11 is 0. The first-order valence-electron chi connectivity index (χ1n) is 5.20. The van der Waals surface area contributed by atoms with Crippen LogP contribution in [0.4, 0.5) is 0 Å². The third kappa shape index (κ3) is 1.60. The van der Waals surface area contributed by atoms with Crippen LogP contribution in [0.25, 0.3) is 0 Å². The fraction of sp³-hybridized carbons (Fsp3) is 0.545. The van der Waals surface area contributed by atoms with Gasteiger partial charge in [0.1, 0.15) is 0 Å². The summed E-state index contributed by atoms with van der Waals surface area (Å²) in [5.74, 6) is 0.785. The molecule has 1 aliphatic carbocycles. The Hall–Kier alpha value is -1.09. The minimum atomic E-state index is 0.152. The molecule has 0 aromatic carbocycles. The number of rotatable bonds is 3. The predicted molar refractivity (Wildman–Crippen MR) is 55.0 cm³/mol. The van der Waals surface area contributed by atoms with Crippen LogP contribution in [-0.4, -0.2) is 17.3 Å². The van der Waals surface area contributed by atoms with Crippen LogP contribution < -0.4 is 5.73 Å². The molecule has 2 unspecified atom stereocenters. The van der Waals surface area contributed by atoms with E-state index in [1.165, 1.54) is 0 Å². The fourth-order valence-corrected chi connectivity index (χ4v) is 2.35. The first-order valence-corrected chi connectivity index (χ1v) is 5.20. The molecule has 2 atom stereocenters. The van der Waals surface area contributed by atoms with Gasteiger partial charge in [-0.3, -0.25) is 4.79 Å². The van der Waals surface area contributed by atoms with Crippen LogP contribution in [0.5, 0.6) is 0 Å². The number of nitrogens with two attached hydrogens (primary N) is 1. The molecule has 0 bridgehead atoms. The van der Waals surface area contributed by atoms with Crippen molar-refractivity contribution in [1.82, 2.24) is 4.98 Å². The largest absolute Gasteiger partial charge is 0.359 e. The summed E-state index contributed by atoms with van der Waals surface area (Å²) in [7, 11) is 0. The Balaban J connectivity index is 2.11. The van der Waals surface area contributed by atoms with Gasteiger partial charge in [-0.15, -0.1) is 0 Å². The normalized spacial score (nSPS) is 26.6. The van der Waals surface area contributed by atoms with Crippen molar-refractivity contribution in [3.63, 3.8) is 0 Å². The summed E-state index contributed by atoms with van der Waals surface area (Å²) < 4.78 is 0.